The molecule has 3 N–H and O–H groups in total. The van der Waals surface area contributed by atoms with Gasteiger partial charge in [0.25, 0.3) is 5.91 Å². The fourth-order valence-corrected chi connectivity index (χ4v) is 2.41. The first-order valence-electron chi connectivity index (χ1n) is 7.18. The van der Waals surface area contributed by atoms with Gasteiger partial charge in [0, 0.05) is 6.04 Å². The van der Waals surface area contributed by atoms with Crippen molar-refractivity contribution in [3.8, 4) is 11.4 Å². The van der Waals surface area contributed by atoms with Crippen molar-refractivity contribution in [2.45, 2.75) is 25.6 Å². The first kappa shape index (κ1) is 14.6. The number of hydrazine groups is 1. The first-order chi connectivity index (χ1) is 10.7. The zero-order valence-electron chi connectivity index (χ0n) is 12.5. The summed E-state index contributed by atoms with van der Waals surface area (Å²) < 4.78 is 6.91. The Morgan fingerprint density at radius 3 is 2.77 bits per heavy atom. The largest absolute Gasteiger partial charge is 0.493 e. The predicted octanol–water partition coefficient (Wildman–Crippen LogP) is 0.823. The van der Waals surface area contributed by atoms with E-state index in [2.05, 4.69) is 21.3 Å². The third-order valence-electron chi connectivity index (χ3n) is 3.53. The van der Waals surface area contributed by atoms with Gasteiger partial charge in [-0.3, -0.25) is 10.2 Å². The molecule has 1 aliphatic heterocycles. The SMILES string of the molecule is COc1cn(-c2ccccc2)nc1C(=O)NC1CC(C)NN1. The van der Waals surface area contributed by atoms with Crippen LogP contribution in [0.5, 0.6) is 5.75 Å². The third-order valence-corrected chi connectivity index (χ3v) is 3.53. The van der Waals surface area contributed by atoms with Crippen molar-refractivity contribution in [3.63, 3.8) is 0 Å². The smallest absolute Gasteiger partial charge is 0.276 e. The molecule has 2 aromatic rings. The Hall–Kier alpha value is -2.38. The van der Waals surface area contributed by atoms with Gasteiger partial charge in [0.2, 0.25) is 0 Å². The number of carbonyl (C=O) groups is 1. The summed E-state index contributed by atoms with van der Waals surface area (Å²) in [7, 11) is 1.53. The van der Waals surface area contributed by atoms with Gasteiger partial charge in [0.05, 0.1) is 25.2 Å². The number of hydrogen-bond acceptors (Lipinski definition) is 5. The minimum atomic E-state index is -0.264. The number of nitrogens with one attached hydrogen (secondary N) is 3. The van der Waals surface area contributed by atoms with Crippen LogP contribution in [0.4, 0.5) is 0 Å². The summed E-state index contributed by atoms with van der Waals surface area (Å²) in [5.41, 5.74) is 7.23. The lowest BCUT2D eigenvalue weighted by Crippen LogP contribution is -2.44. The number of ether oxygens (including phenoxy) is 1. The molecule has 1 saturated heterocycles. The first-order valence-corrected chi connectivity index (χ1v) is 7.18. The number of benzene rings is 1. The maximum absolute atomic E-state index is 12.4. The zero-order chi connectivity index (χ0) is 15.5. The van der Waals surface area contributed by atoms with E-state index in [4.69, 9.17) is 4.74 Å². The molecular weight excluding hydrogens is 282 g/mol. The van der Waals surface area contributed by atoms with E-state index in [-0.39, 0.29) is 17.8 Å². The lowest BCUT2D eigenvalue weighted by atomic mass is 10.2. The second-order valence-electron chi connectivity index (χ2n) is 5.28. The molecule has 1 aromatic heterocycles. The Kier molecular flexibility index (Phi) is 4.08. The molecule has 2 unspecified atom stereocenters. The van der Waals surface area contributed by atoms with E-state index in [0.717, 1.165) is 12.1 Å². The van der Waals surface area contributed by atoms with Crippen molar-refractivity contribution >= 4 is 5.91 Å². The lowest BCUT2D eigenvalue weighted by molar-refractivity contribution is 0.0924. The van der Waals surface area contributed by atoms with Gasteiger partial charge < -0.3 is 10.1 Å². The van der Waals surface area contributed by atoms with Crippen molar-refractivity contribution in [2.75, 3.05) is 7.11 Å². The topological polar surface area (TPSA) is 80.2 Å². The van der Waals surface area contributed by atoms with Gasteiger partial charge in [-0.25, -0.2) is 10.1 Å². The summed E-state index contributed by atoms with van der Waals surface area (Å²) in [5.74, 6) is 0.181. The fraction of sp³-hybridized carbons (Fsp3) is 0.333. The summed E-state index contributed by atoms with van der Waals surface area (Å²) in [5, 5.41) is 7.24. The summed E-state index contributed by atoms with van der Waals surface area (Å²) in [6.45, 7) is 2.05. The van der Waals surface area contributed by atoms with Crippen LogP contribution in [0.2, 0.25) is 0 Å². The Balaban J connectivity index is 1.80. The van der Waals surface area contributed by atoms with E-state index >= 15 is 0 Å². The molecule has 0 aliphatic carbocycles. The van der Waals surface area contributed by atoms with Crippen LogP contribution >= 0.6 is 0 Å². The molecule has 0 bridgehead atoms. The molecule has 2 heterocycles. The number of rotatable bonds is 4. The summed E-state index contributed by atoms with van der Waals surface area (Å²) >= 11 is 0. The number of methoxy groups -OCH3 is 1. The quantitative estimate of drug-likeness (QED) is 0.779. The van der Waals surface area contributed by atoms with E-state index < -0.39 is 0 Å². The number of carbonyl (C=O) groups excluding carboxylic acids is 1. The van der Waals surface area contributed by atoms with Crippen LogP contribution in [-0.2, 0) is 0 Å². The van der Waals surface area contributed by atoms with E-state index in [1.54, 1.807) is 10.9 Å². The highest BCUT2D eigenvalue weighted by molar-refractivity contribution is 5.95. The maximum atomic E-state index is 12.4. The van der Waals surface area contributed by atoms with Gasteiger partial charge in [0.15, 0.2) is 11.4 Å². The van der Waals surface area contributed by atoms with Crippen molar-refractivity contribution in [2.24, 2.45) is 0 Å². The Bertz CT molecular complexity index is 655. The van der Waals surface area contributed by atoms with Crippen molar-refractivity contribution in [3.05, 3.63) is 42.2 Å². The molecule has 1 aromatic carbocycles. The minimum Gasteiger partial charge on any atom is -0.493 e. The highest BCUT2D eigenvalue weighted by Gasteiger charge is 2.25. The third kappa shape index (κ3) is 2.95. The molecule has 22 heavy (non-hydrogen) atoms. The second kappa shape index (κ2) is 6.17. The van der Waals surface area contributed by atoms with Crippen LogP contribution in [0.15, 0.2) is 36.5 Å². The number of aromatic nitrogens is 2. The van der Waals surface area contributed by atoms with Crippen molar-refractivity contribution in [1.29, 1.82) is 0 Å². The monoisotopic (exact) mass is 301 g/mol. The number of nitrogens with zero attached hydrogens (tertiary/aromatic N) is 2. The average molecular weight is 301 g/mol. The lowest BCUT2D eigenvalue weighted by Gasteiger charge is -2.11. The van der Waals surface area contributed by atoms with E-state index in [1.807, 2.05) is 37.3 Å². The van der Waals surface area contributed by atoms with Crippen LogP contribution in [0.3, 0.4) is 0 Å². The molecule has 1 aliphatic rings. The van der Waals surface area contributed by atoms with Gasteiger partial charge >= 0.3 is 0 Å². The van der Waals surface area contributed by atoms with Crippen LogP contribution in [0.1, 0.15) is 23.8 Å². The summed E-state index contributed by atoms with van der Waals surface area (Å²) in [6.07, 6.45) is 2.40. The van der Waals surface area contributed by atoms with E-state index in [9.17, 15) is 4.79 Å². The highest BCUT2D eigenvalue weighted by atomic mass is 16.5. The van der Waals surface area contributed by atoms with Gasteiger partial charge in [-0.1, -0.05) is 18.2 Å². The van der Waals surface area contributed by atoms with Crippen LogP contribution in [-0.4, -0.2) is 35.0 Å². The molecule has 116 valence electrons. The fourth-order valence-electron chi connectivity index (χ4n) is 2.41. The molecule has 2 atom stereocenters. The van der Waals surface area contributed by atoms with Gasteiger partial charge in [-0.15, -0.1) is 0 Å². The molecule has 0 spiro atoms. The second-order valence-corrected chi connectivity index (χ2v) is 5.28. The summed E-state index contributed by atoms with van der Waals surface area (Å²) in [6, 6.07) is 9.90. The standard InChI is InChI=1S/C15H19N5O2/c1-10-8-13(18-17-10)16-15(21)14-12(22-2)9-20(19-14)11-6-4-3-5-7-11/h3-7,9-10,13,17-18H,8H2,1-2H3,(H,16,21). The molecule has 1 amide bonds. The van der Waals surface area contributed by atoms with Crippen LogP contribution in [0.25, 0.3) is 5.69 Å². The Labute approximate surface area is 128 Å². The molecule has 0 saturated carbocycles. The van der Waals surface area contributed by atoms with Crippen molar-refractivity contribution in [1.82, 2.24) is 25.9 Å². The van der Waals surface area contributed by atoms with Gasteiger partial charge in [-0.2, -0.15) is 5.10 Å². The number of para-hydroxylation sites is 1. The Morgan fingerprint density at radius 2 is 2.14 bits per heavy atom. The average Bonchev–Trinajstić information content (AvgIpc) is 3.14. The van der Waals surface area contributed by atoms with Crippen molar-refractivity contribution < 1.29 is 9.53 Å². The number of amides is 1. The molecule has 0 radical (unpaired) electrons. The van der Waals surface area contributed by atoms with Gasteiger partial charge in [0.1, 0.15) is 0 Å². The normalized spacial score (nSPS) is 20.8. The number of hydrogen-bond donors (Lipinski definition) is 3. The summed E-state index contributed by atoms with van der Waals surface area (Å²) in [4.78, 5) is 12.4. The highest BCUT2D eigenvalue weighted by Crippen LogP contribution is 2.19. The predicted molar refractivity (Wildman–Crippen MR) is 81.7 cm³/mol. The van der Waals surface area contributed by atoms with E-state index in [1.165, 1.54) is 7.11 Å². The minimum absolute atomic E-state index is 0.117. The molecule has 7 heteroatoms. The Morgan fingerprint density at radius 1 is 1.36 bits per heavy atom. The molecular formula is C15H19N5O2. The molecule has 7 nitrogen and oxygen atoms in total. The van der Waals surface area contributed by atoms with E-state index in [0.29, 0.717) is 11.8 Å². The van der Waals surface area contributed by atoms with Gasteiger partial charge in [-0.05, 0) is 25.5 Å². The molecule has 3 rings (SSSR count). The maximum Gasteiger partial charge on any atom is 0.276 e. The van der Waals surface area contributed by atoms with Crippen LogP contribution in [0, 0.1) is 0 Å². The van der Waals surface area contributed by atoms with Crippen LogP contribution < -0.4 is 20.9 Å². The molecule has 1 fully saturated rings. The zero-order valence-corrected chi connectivity index (χ0v) is 12.5.